The summed E-state index contributed by atoms with van der Waals surface area (Å²) in [4.78, 5) is 18.1. The summed E-state index contributed by atoms with van der Waals surface area (Å²) in [5.74, 6) is -0.0355. The van der Waals surface area contributed by atoms with Gasteiger partial charge in [-0.3, -0.25) is 4.79 Å². The van der Waals surface area contributed by atoms with Gasteiger partial charge in [-0.2, -0.15) is 13.2 Å². The van der Waals surface area contributed by atoms with Crippen LogP contribution in [0, 0.1) is 0 Å². The van der Waals surface area contributed by atoms with E-state index in [4.69, 9.17) is 22.1 Å². The smallest absolute Gasteiger partial charge is 0.417 e. The van der Waals surface area contributed by atoms with Gasteiger partial charge in [0.25, 0.3) is 5.91 Å². The molecule has 0 unspecified atom stereocenters. The van der Waals surface area contributed by atoms with Gasteiger partial charge in [0.2, 0.25) is 0 Å². The molecular weight excluding hydrogens is 473 g/mol. The Kier molecular flexibility index (Phi) is 6.05. The lowest BCUT2D eigenvalue weighted by molar-refractivity contribution is -0.137. The number of H-pyrrole nitrogens is 1. The molecule has 0 radical (unpaired) electrons. The highest BCUT2D eigenvalue weighted by molar-refractivity contribution is 6.31. The number of carbonyl (C=O) groups excluding carboxylic acids is 1. The number of rotatable bonds is 6. The Bertz CT molecular complexity index is 1360. The number of imidazole rings is 1. The predicted octanol–water partition coefficient (Wildman–Crippen LogP) is 4.78. The summed E-state index contributed by atoms with van der Waals surface area (Å²) >= 11 is 6.14. The van der Waals surface area contributed by atoms with Crippen LogP contribution < -0.4 is 10.5 Å². The number of ether oxygens (including phenoxy) is 1. The molecule has 0 saturated heterocycles. The predicted molar refractivity (Wildman–Crippen MR) is 118 cm³/mol. The third-order valence-electron chi connectivity index (χ3n) is 5.09. The topological polar surface area (TPSA) is 112 Å². The number of nitrogens with two attached hydrogens (primary N) is 1. The highest BCUT2D eigenvalue weighted by Gasteiger charge is 2.35. The normalized spacial score (nSPS) is 12.5. The molecular formula is C22H18ClF3N6O2. The minimum atomic E-state index is -4.54. The van der Waals surface area contributed by atoms with Crippen molar-refractivity contribution >= 4 is 17.5 Å². The van der Waals surface area contributed by atoms with Gasteiger partial charge >= 0.3 is 6.18 Å². The summed E-state index contributed by atoms with van der Waals surface area (Å²) in [5.41, 5.74) is 5.30. The maximum absolute atomic E-state index is 13.5. The van der Waals surface area contributed by atoms with E-state index in [0.29, 0.717) is 27.9 Å². The number of hydrogen-bond acceptors (Lipinski definition) is 5. The van der Waals surface area contributed by atoms with Gasteiger partial charge in [0.05, 0.1) is 17.5 Å². The standard InChI is InChI=1S/C22H18ClF3N6O2/c1-11(20-30-31-21(32(20)2)13-5-3-4-6-15(13)22(24,25)26)34-17-8-7-12(23)9-14(17)16-10-28-19(29-16)18(27)33/h3-11H,1-2H3,(H2,27,33)(H,28,29)/t11-/m0/s1. The minimum Gasteiger partial charge on any atom is -0.482 e. The van der Waals surface area contributed by atoms with Crippen LogP contribution in [-0.4, -0.2) is 30.6 Å². The number of benzene rings is 2. The number of aromatic amines is 1. The summed E-state index contributed by atoms with van der Waals surface area (Å²) < 4.78 is 48.0. The molecule has 34 heavy (non-hydrogen) atoms. The van der Waals surface area contributed by atoms with Gasteiger partial charge in [0.15, 0.2) is 23.6 Å². The lowest BCUT2D eigenvalue weighted by atomic mass is 10.1. The molecule has 2 aromatic heterocycles. The Morgan fingerprint density at radius 2 is 1.91 bits per heavy atom. The summed E-state index contributed by atoms with van der Waals surface area (Å²) in [6.45, 7) is 1.68. The van der Waals surface area contributed by atoms with Gasteiger partial charge in [-0.1, -0.05) is 29.8 Å². The van der Waals surface area contributed by atoms with Crippen LogP contribution in [0.3, 0.4) is 0 Å². The molecule has 1 amide bonds. The molecule has 176 valence electrons. The molecule has 2 aromatic carbocycles. The molecule has 4 rings (SSSR count). The summed E-state index contributed by atoms with van der Waals surface area (Å²) in [5, 5.41) is 8.47. The number of halogens is 4. The van der Waals surface area contributed by atoms with Crippen molar-refractivity contribution in [3.05, 3.63) is 70.9 Å². The lowest BCUT2D eigenvalue weighted by Gasteiger charge is -2.17. The van der Waals surface area contributed by atoms with Crippen molar-refractivity contribution in [2.45, 2.75) is 19.2 Å². The highest BCUT2D eigenvalue weighted by Crippen LogP contribution is 2.38. The van der Waals surface area contributed by atoms with Crippen molar-refractivity contribution < 1.29 is 22.7 Å². The molecule has 1 atom stereocenters. The molecule has 12 heteroatoms. The van der Waals surface area contributed by atoms with Crippen molar-refractivity contribution in [1.82, 2.24) is 24.7 Å². The van der Waals surface area contributed by atoms with Gasteiger partial charge < -0.3 is 20.0 Å². The van der Waals surface area contributed by atoms with Crippen LogP contribution in [0.5, 0.6) is 5.75 Å². The molecule has 0 fully saturated rings. The van der Waals surface area contributed by atoms with E-state index in [9.17, 15) is 18.0 Å². The van der Waals surface area contributed by atoms with E-state index >= 15 is 0 Å². The zero-order valence-electron chi connectivity index (χ0n) is 17.9. The zero-order chi connectivity index (χ0) is 24.6. The van der Waals surface area contributed by atoms with E-state index in [1.165, 1.54) is 29.0 Å². The van der Waals surface area contributed by atoms with E-state index < -0.39 is 23.8 Å². The third kappa shape index (κ3) is 4.46. The van der Waals surface area contributed by atoms with Gasteiger partial charge in [-0.15, -0.1) is 10.2 Å². The van der Waals surface area contributed by atoms with E-state index in [1.807, 2.05) is 0 Å². The highest BCUT2D eigenvalue weighted by atomic mass is 35.5. The summed E-state index contributed by atoms with van der Waals surface area (Å²) in [6.07, 6.45) is -3.84. The Balaban J connectivity index is 1.68. The number of alkyl halides is 3. The number of nitrogens with one attached hydrogen (secondary N) is 1. The molecule has 8 nitrogen and oxygen atoms in total. The van der Waals surface area contributed by atoms with Crippen molar-refractivity contribution in [3.63, 3.8) is 0 Å². The minimum absolute atomic E-state index is 0.0322. The number of nitrogens with zero attached hydrogens (tertiary/aromatic N) is 4. The molecule has 0 saturated carbocycles. The monoisotopic (exact) mass is 490 g/mol. The first kappa shape index (κ1) is 23.3. The lowest BCUT2D eigenvalue weighted by Crippen LogP contribution is -2.13. The van der Waals surface area contributed by atoms with Crippen LogP contribution in [0.2, 0.25) is 5.02 Å². The number of carbonyl (C=O) groups is 1. The molecule has 0 aliphatic carbocycles. The zero-order valence-corrected chi connectivity index (χ0v) is 18.6. The fraction of sp³-hybridized carbons (Fsp3) is 0.182. The second kappa shape index (κ2) is 8.82. The van der Waals surface area contributed by atoms with Crippen molar-refractivity contribution in [1.29, 1.82) is 0 Å². The summed E-state index contributed by atoms with van der Waals surface area (Å²) in [6, 6.07) is 10.0. The Labute approximate surface area is 196 Å². The maximum atomic E-state index is 13.5. The average molecular weight is 491 g/mol. The molecule has 2 heterocycles. The largest absolute Gasteiger partial charge is 0.482 e. The second-order valence-electron chi connectivity index (χ2n) is 7.39. The van der Waals surface area contributed by atoms with Crippen LogP contribution in [0.15, 0.2) is 48.7 Å². The van der Waals surface area contributed by atoms with Gasteiger partial charge in [0, 0.05) is 23.2 Å². The van der Waals surface area contributed by atoms with E-state index in [2.05, 4.69) is 20.2 Å². The fourth-order valence-electron chi connectivity index (χ4n) is 3.50. The van der Waals surface area contributed by atoms with E-state index in [1.54, 1.807) is 32.2 Å². The van der Waals surface area contributed by atoms with Crippen molar-refractivity contribution in [2.24, 2.45) is 12.8 Å². The molecule has 3 N–H and O–H groups in total. The number of aromatic nitrogens is 5. The van der Waals surface area contributed by atoms with E-state index in [-0.39, 0.29) is 17.2 Å². The first-order valence-corrected chi connectivity index (χ1v) is 10.3. The quantitative estimate of drug-likeness (QED) is 0.404. The van der Waals surface area contributed by atoms with Crippen LogP contribution in [-0.2, 0) is 13.2 Å². The number of hydrogen-bond donors (Lipinski definition) is 2. The Hall–Kier alpha value is -3.86. The molecule has 0 aliphatic rings. The van der Waals surface area contributed by atoms with Crippen LogP contribution in [0.1, 0.15) is 35.0 Å². The fourth-order valence-corrected chi connectivity index (χ4v) is 3.67. The SMILES string of the molecule is C[C@H](Oc1ccc(Cl)cc1-c1cnc(C(N)=O)[nH]1)c1nnc(-c2ccccc2C(F)(F)F)n1C. The summed E-state index contributed by atoms with van der Waals surface area (Å²) in [7, 11) is 1.56. The Morgan fingerprint density at radius 3 is 2.59 bits per heavy atom. The Morgan fingerprint density at radius 1 is 1.18 bits per heavy atom. The van der Waals surface area contributed by atoms with Gasteiger partial charge in [-0.05, 0) is 31.2 Å². The van der Waals surface area contributed by atoms with Crippen molar-refractivity contribution in [3.8, 4) is 28.4 Å². The van der Waals surface area contributed by atoms with Gasteiger partial charge in [0.1, 0.15) is 5.75 Å². The molecule has 0 spiro atoms. The molecule has 0 bridgehead atoms. The van der Waals surface area contributed by atoms with Crippen LogP contribution in [0.4, 0.5) is 13.2 Å². The third-order valence-corrected chi connectivity index (χ3v) is 5.33. The average Bonchev–Trinajstić information content (AvgIpc) is 3.41. The molecule has 0 aliphatic heterocycles. The van der Waals surface area contributed by atoms with Crippen LogP contribution >= 0.6 is 11.6 Å². The maximum Gasteiger partial charge on any atom is 0.417 e. The number of amides is 1. The van der Waals surface area contributed by atoms with Gasteiger partial charge in [-0.25, -0.2) is 4.98 Å². The number of primary amides is 1. The van der Waals surface area contributed by atoms with E-state index in [0.717, 1.165) is 6.07 Å². The first-order chi connectivity index (χ1) is 16.1. The van der Waals surface area contributed by atoms with Crippen molar-refractivity contribution in [2.75, 3.05) is 0 Å². The second-order valence-corrected chi connectivity index (χ2v) is 7.83. The van der Waals surface area contributed by atoms with Crippen LogP contribution in [0.25, 0.3) is 22.6 Å². The first-order valence-electron chi connectivity index (χ1n) is 9.93. The molecule has 4 aromatic rings.